The van der Waals surface area contributed by atoms with Crippen molar-refractivity contribution in [2.75, 3.05) is 12.8 Å². The molecule has 0 spiro atoms. The Labute approximate surface area is 91.8 Å². The molecule has 0 aromatic heterocycles. The summed E-state index contributed by atoms with van der Waals surface area (Å²) in [5, 5.41) is 9.89. The molecule has 1 rings (SSSR count). The van der Waals surface area contributed by atoms with Gasteiger partial charge in [0.25, 0.3) is 0 Å². The maximum absolute atomic E-state index is 11.6. The number of rotatable bonds is 3. The highest BCUT2D eigenvalue weighted by molar-refractivity contribution is 7.91. The van der Waals surface area contributed by atoms with Crippen LogP contribution in [0.4, 0.5) is 0 Å². The van der Waals surface area contributed by atoms with Crippen molar-refractivity contribution in [3.05, 3.63) is 0 Å². The van der Waals surface area contributed by atoms with E-state index in [0.717, 1.165) is 6.42 Å². The van der Waals surface area contributed by atoms with Crippen LogP contribution in [0.15, 0.2) is 0 Å². The maximum atomic E-state index is 11.6. The Morgan fingerprint density at radius 2 is 2.07 bits per heavy atom. The number of aliphatic hydroxyl groups is 1. The third kappa shape index (κ3) is 2.05. The molecule has 0 bridgehead atoms. The van der Waals surface area contributed by atoms with Crippen LogP contribution >= 0.6 is 0 Å². The number of nitrogens with two attached hydrogens (primary N) is 1. The van der Waals surface area contributed by atoms with Gasteiger partial charge in [0.05, 0.1) is 10.9 Å². The molecule has 1 aliphatic carbocycles. The molecule has 3 N–H and O–H groups in total. The third-order valence-corrected chi connectivity index (χ3v) is 5.42. The van der Waals surface area contributed by atoms with Gasteiger partial charge < -0.3 is 10.8 Å². The van der Waals surface area contributed by atoms with Crippen LogP contribution in [0.1, 0.15) is 33.1 Å². The lowest BCUT2D eigenvalue weighted by atomic mass is 9.73. The molecule has 0 radical (unpaired) electrons. The fraction of sp³-hybridized carbons (Fsp3) is 1.00. The average molecular weight is 235 g/mol. The van der Waals surface area contributed by atoms with E-state index in [-0.39, 0.29) is 6.54 Å². The molecular weight excluding hydrogens is 214 g/mol. The van der Waals surface area contributed by atoms with Crippen molar-refractivity contribution in [2.45, 2.75) is 44.0 Å². The lowest BCUT2D eigenvalue weighted by molar-refractivity contribution is -0.0531. The quantitative estimate of drug-likeness (QED) is 0.737. The Bertz CT molecular complexity index is 337. The molecule has 15 heavy (non-hydrogen) atoms. The van der Waals surface area contributed by atoms with Crippen LogP contribution in [0.3, 0.4) is 0 Å². The second-order valence-corrected chi connectivity index (χ2v) is 7.45. The van der Waals surface area contributed by atoms with E-state index in [2.05, 4.69) is 0 Å². The van der Waals surface area contributed by atoms with E-state index < -0.39 is 26.1 Å². The molecule has 2 unspecified atom stereocenters. The van der Waals surface area contributed by atoms with Gasteiger partial charge in [-0.15, -0.1) is 0 Å². The summed E-state index contributed by atoms with van der Waals surface area (Å²) in [5.74, 6) is 0. The van der Waals surface area contributed by atoms with Crippen LogP contribution < -0.4 is 5.73 Å². The summed E-state index contributed by atoms with van der Waals surface area (Å²) >= 11 is 0. The summed E-state index contributed by atoms with van der Waals surface area (Å²) < 4.78 is 23.2. The van der Waals surface area contributed by atoms with E-state index >= 15 is 0 Å². The van der Waals surface area contributed by atoms with Crippen molar-refractivity contribution >= 4 is 9.84 Å². The van der Waals surface area contributed by atoms with Crippen molar-refractivity contribution in [1.29, 1.82) is 0 Å². The lowest BCUT2D eigenvalue weighted by Gasteiger charge is -2.42. The molecule has 1 aliphatic rings. The van der Waals surface area contributed by atoms with Crippen molar-refractivity contribution in [3.8, 4) is 0 Å². The van der Waals surface area contributed by atoms with Crippen LogP contribution in [0, 0.1) is 5.41 Å². The first-order valence-electron chi connectivity index (χ1n) is 5.26. The van der Waals surface area contributed by atoms with Gasteiger partial charge in [0.15, 0.2) is 9.84 Å². The number of hydrogen-bond donors (Lipinski definition) is 2. The van der Waals surface area contributed by atoms with Crippen LogP contribution in [0.5, 0.6) is 0 Å². The van der Waals surface area contributed by atoms with E-state index in [0.29, 0.717) is 12.8 Å². The zero-order valence-corrected chi connectivity index (χ0v) is 10.5. The van der Waals surface area contributed by atoms with Crippen LogP contribution in [-0.4, -0.2) is 37.2 Å². The Morgan fingerprint density at radius 1 is 1.53 bits per heavy atom. The molecule has 5 heteroatoms. The molecule has 2 atom stereocenters. The molecule has 4 nitrogen and oxygen atoms in total. The van der Waals surface area contributed by atoms with Crippen LogP contribution in [0.25, 0.3) is 0 Å². The molecule has 0 aromatic rings. The van der Waals surface area contributed by atoms with Gasteiger partial charge in [-0.3, -0.25) is 0 Å². The van der Waals surface area contributed by atoms with Gasteiger partial charge in [0.2, 0.25) is 0 Å². The largest absolute Gasteiger partial charge is 0.388 e. The molecule has 1 saturated carbocycles. The SMILES string of the molecule is CC(C)(CN)C1(O)CCCC1S(C)(=O)=O. The second kappa shape index (κ2) is 3.71. The minimum absolute atomic E-state index is 0.287. The maximum Gasteiger partial charge on any atom is 0.153 e. The second-order valence-electron chi connectivity index (χ2n) is 5.22. The lowest BCUT2D eigenvalue weighted by Crippen LogP contribution is -2.56. The predicted molar refractivity (Wildman–Crippen MR) is 60.3 cm³/mol. The zero-order chi connectivity index (χ0) is 11.9. The first-order chi connectivity index (χ1) is 6.65. The van der Waals surface area contributed by atoms with E-state index in [1.807, 2.05) is 13.8 Å². The highest BCUT2D eigenvalue weighted by Gasteiger charge is 2.54. The van der Waals surface area contributed by atoms with Crippen molar-refractivity contribution in [1.82, 2.24) is 0 Å². The molecule has 0 heterocycles. The van der Waals surface area contributed by atoms with Gasteiger partial charge in [0.1, 0.15) is 0 Å². The smallest absolute Gasteiger partial charge is 0.153 e. The van der Waals surface area contributed by atoms with E-state index in [1.54, 1.807) is 0 Å². The molecule has 0 amide bonds. The minimum atomic E-state index is -3.21. The minimum Gasteiger partial charge on any atom is -0.388 e. The Hall–Kier alpha value is -0.130. The third-order valence-electron chi connectivity index (χ3n) is 3.76. The van der Waals surface area contributed by atoms with Crippen LogP contribution in [-0.2, 0) is 9.84 Å². The van der Waals surface area contributed by atoms with Gasteiger partial charge in [0, 0.05) is 18.2 Å². The molecular formula is C10H21NO3S. The summed E-state index contributed by atoms with van der Waals surface area (Å²) in [5.41, 5.74) is 3.89. The summed E-state index contributed by atoms with van der Waals surface area (Å²) in [4.78, 5) is 0. The van der Waals surface area contributed by atoms with E-state index in [1.165, 1.54) is 6.26 Å². The monoisotopic (exact) mass is 235 g/mol. The van der Waals surface area contributed by atoms with Gasteiger partial charge in [-0.2, -0.15) is 0 Å². The fourth-order valence-electron chi connectivity index (χ4n) is 2.48. The molecule has 0 saturated heterocycles. The first kappa shape index (κ1) is 12.9. The summed E-state index contributed by atoms with van der Waals surface area (Å²) in [6, 6.07) is 0. The Kier molecular flexibility index (Phi) is 3.20. The van der Waals surface area contributed by atoms with Gasteiger partial charge in [-0.05, 0) is 19.3 Å². The summed E-state index contributed by atoms with van der Waals surface area (Å²) in [7, 11) is -3.21. The Morgan fingerprint density at radius 3 is 2.47 bits per heavy atom. The highest BCUT2D eigenvalue weighted by atomic mass is 32.2. The normalized spacial score (nSPS) is 33.3. The topological polar surface area (TPSA) is 80.4 Å². The number of sulfone groups is 1. The molecule has 0 aromatic carbocycles. The molecule has 90 valence electrons. The molecule has 1 fully saturated rings. The fourth-order valence-corrected chi connectivity index (χ4v) is 4.22. The van der Waals surface area contributed by atoms with Gasteiger partial charge >= 0.3 is 0 Å². The van der Waals surface area contributed by atoms with Crippen molar-refractivity contribution < 1.29 is 13.5 Å². The standard InChI is InChI=1S/C10H21NO3S/c1-9(2,7-11)10(12)6-4-5-8(10)15(3,13)14/h8,12H,4-7,11H2,1-3H3. The summed E-state index contributed by atoms with van der Waals surface area (Å²) in [6.45, 7) is 3.95. The van der Waals surface area contributed by atoms with Gasteiger partial charge in [-0.25, -0.2) is 8.42 Å². The highest BCUT2D eigenvalue weighted by Crippen LogP contribution is 2.45. The predicted octanol–water partition coefficient (Wildman–Crippen LogP) is 0.299. The first-order valence-corrected chi connectivity index (χ1v) is 7.22. The van der Waals surface area contributed by atoms with Gasteiger partial charge in [-0.1, -0.05) is 13.8 Å². The molecule has 0 aliphatic heterocycles. The summed E-state index contributed by atoms with van der Waals surface area (Å²) in [6.07, 6.45) is 3.01. The van der Waals surface area contributed by atoms with Crippen LogP contribution in [0.2, 0.25) is 0 Å². The Balaban J connectivity index is 3.13. The van der Waals surface area contributed by atoms with Crippen molar-refractivity contribution in [3.63, 3.8) is 0 Å². The zero-order valence-electron chi connectivity index (χ0n) is 9.66. The number of hydrogen-bond acceptors (Lipinski definition) is 4. The average Bonchev–Trinajstić information content (AvgIpc) is 2.48. The van der Waals surface area contributed by atoms with E-state index in [4.69, 9.17) is 5.73 Å². The van der Waals surface area contributed by atoms with Crippen molar-refractivity contribution in [2.24, 2.45) is 11.1 Å². The van der Waals surface area contributed by atoms with E-state index in [9.17, 15) is 13.5 Å².